The number of hydrogen-bond acceptors (Lipinski definition) is 8. The van der Waals surface area contributed by atoms with Crippen molar-refractivity contribution in [2.45, 2.75) is 13.5 Å². The van der Waals surface area contributed by atoms with E-state index in [9.17, 15) is 4.79 Å². The Morgan fingerprint density at radius 2 is 2.13 bits per heavy atom. The monoisotopic (exact) mass is 331 g/mol. The lowest BCUT2D eigenvalue weighted by Gasteiger charge is -2.03. The van der Waals surface area contributed by atoms with Crippen molar-refractivity contribution in [1.29, 1.82) is 0 Å². The highest BCUT2D eigenvalue weighted by atomic mass is 32.1. The summed E-state index contributed by atoms with van der Waals surface area (Å²) < 4.78 is 15.5. The molecule has 2 heterocycles. The summed E-state index contributed by atoms with van der Waals surface area (Å²) in [6.45, 7) is 1.70. The number of nitrogens with zero attached hydrogens (tertiary/aromatic N) is 3. The first-order chi connectivity index (χ1) is 11.2. The molecule has 0 spiro atoms. The van der Waals surface area contributed by atoms with Crippen molar-refractivity contribution >= 4 is 17.3 Å². The quantitative estimate of drug-likeness (QED) is 0.664. The number of para-hydroxylation sites is 1. The summed E-state index contributed by atoms with van der Waals surface area (Å²) in [6.07, 6.45) is 0. The fraction of sp³-hybridized carbons (Fsp3) is 0.200. The minimum atomic E-state index is -0.522. The van der Waals surface area contributed by atoms with Crippen LogP contribution < -0.4 is 4.74 Å². The van der Waals surface area contributed by atoms with Gasteiger partial charge in [-0.05, 0) is 19.1 Å². The summed E-state index contributed by atoms with van der Waals surface area (Å²) in [6, 6.07) is 7.31. The van der Waals surface area contributed by atoms with Crippen molar-refractivity contribution in [3.63, 3.8) is 0 Å². The highest BCUT2D eigenvalue weighted by molar-refractivity contribution is 7.09. The Labute approximate surface area is 135 Å². The Bertz CT molecular complexity index is 828. The first-order valence-corrected chi connectivity index (χ1v) is 7.60. The first kappa shape index (κ1) is 15.2. The van der Waals surface area contributed by atoms with Crippen LogP contribution in [0.25, 0.3) is 11.4 Å². The molecule has 0 radical (unpaired) electrons. The molecular formula is C15H13N3O4S. The molecule has 0 saturated heterocycles. The average molecular weight is 331 g/mol. The number of ether oxygens (including phenoxy) is 2. The molecule has 0 aliphatic rings. The molecule has 0 bridgehead atoms. The van der Waals surface area contributed by atoms with Crippen molar-refractivity contribution in [3.8, 4) is 17.1 Å². The largest absolute Gasteiger partial charge is 0.496 e. The van der Waals surface area contributed by atoms with E-state index >= 15 is 0 Å². The van der Waals surface area contributed by atoms with Crippen LogP contribution in [0, 0.1) is 6.92 Å². The van der Waals surface area contributed by atoms with Crippen LogP contribution in [0.2, 0.25) is 0 Å². The number of carbonyl (C=O) groups excluding carboxylic acids is 1. The van der Waals surface area contributed by atoms with Crippen molar-refractivity contribution in [1.82, 2.24) is 15.1 Å². The summed E-state index contributed by atoms with van der Waals surface area (Å²) in [5.74, 6) is 0.686. The summed E-state index contributed by atoms with van der Waals surface area (Å²) >= 11 is 1.38. The van der Waals surface area contributed by atoms with E-state index in [1.165, 1.54) is 11.3 Å². The van der Waals surface area contributed by atoms with Gasteiger partial charge in [-0.3, -0.25) is 0 Å². The van der Waals surface area contributed by atoms with Gasteiger partial charge in [0.25, 0.3) is 5.89 Å². The predicted octanol–water partition coefficient (Wildman–Crippen LogP) is 2.87. The Morgan fingerprint density at radius 3 is 2.87 bits per heavy atom. The number of esters is 1. The molecular weight excluding hydrogens is 318 g/mol. The molecule has 3 rings (SSSR count). The maximum Gasteiger partial charge on any atom is 0.358 e. The second-order valence-electron chi connectivity index (χ2n) is 4.54. The minimum Gasteiger partial charge on any atom is -0.496 e. The lowest BCUT2D eigenvalue weighted by Crippen LogP contribution is -2.05. The number of carbonyl (C=O) groups is 1. The molecule has 0 unspecified atom stereocenters. The van der Waals surface area contributed by atoms with Gasteiger partial charge in [-0.2, -0.15) is 4.98 Å². The zero-order chi connectivity index (χ0) is 16.2. The van der Waals surface area contributed by atoms with Crippen LogP contribution in [0.3, 0.4) is 0 Å². The van der Waals surface area contributed by atoms with Gasteiger partial charge in [0.1, 0.15) is 5.75 Å². The Hall–Kier alpha value is -2.74. The number of rotatable bonds is 5. The average Bonchev–Trinajstić information content (AvgIpc) is 3.21. The van der Waals surface area contributed by atoms with Gasteiger partial charge in [0.15, 0.2) is 12.3 Å². The van der Waals surface area contributed by atoms with Crippen LogP contribution in [0.15, 0.2) is 34.2 Å². The highest BCUT2D eigenvalue weighted by Crippen LogP contribution is 2.27. The number of aromatic nitrogens is 3. The lowest BCUT2D eigenvalue weighted by molar-refractivity contribution is 0.0423. The van der Waals surface area contributed by atoms with Crippen LogP contribution in [-0.2, 0) is 11.3 Å². The molecule has 8 heteroatoms. The van der Waals surface area contributed by atoms with Gasteiger partial charge in [0.05, 0.1) is 17.7 Å². The van der Waals surface area contributed by atoms with E-state index in [0.717, 1.165) is 5.01 Å². The molecule has 0 aliphatic heterocycles. The van der Waals surface area contributed by atoms with Gasteiger partial charge in [0.2, 0.25) is 5.82 Å². The van der Waals surface area contributed by atoms with Crippen molar-refractivity contribution in [3.05, 3.63) is 46.2 Å². The van der Waals surface area contributed by atoms with Gasteiger partial charge < -0.3 is 14.0 Å². The van der Waals surface area contributed by atoms with E-state index < -0.39 is 5.97 Å². The Morgan fingerprint density at radius 1 is 1.30 bits per heavy atom. The Kier molecular flexibility index (Phi) is 4.33. The van der Waals surface area contributed by atoms with Gasteiger partial charge >= 0.3 is 5.97 Å². The maximum absolute atomic E-state index is 11.8. The third kappa shape index (κ3) is 3.37. The lowest BCUT2D eigenvalue weighted by atomic mass is 10.2. The molecule has 2 aromatic heterocycles. The van der Waals surface area contributed by atoms with Crippen molar-refractivity contribution in [2.24, 2.45) is 0 Å². The zero-order valence-corrected chi connectivity index (χ0v) is 13.3. The fourth-order valence-corrected chi connectivity index (χ4v) is 2.49. The number of aryl methyl sites for hydroxylation is 1. The van der Waals surface area contributed by atoms with Crippen LogP contribution in [0.1, 0.15) is 21.4 Å². The molecule has 0 aliphatic carbocycles. The van der Waals surface area contributed by atoms with Crippen LogP contribution >= 0.6 is 11.3 Å². The van der Waals surface area contributed by atoms with Gasteiger partial charge in [-0.25, -0.2) is 9.78 Å². The number of hydrogen-bond donors (Lipinski definition) is 0. The second-order valence-corrected chi connectivity index (χ2v) is 5.60. The van der Waals surface area contributed by atoms with E-state index in [1.54, 1.807) is 18.6 Å². The Balaban J connectivity index is 1.69. The normalized spacial score (nSPS) is 10.5. The molecule has 7 nitrogen and oxygen atoms in total. The van der Waals surface area contributed by atoms with Crippen molar-refractivity contribution in [2.75, 3.05) is 7.11 Å². The molecule has 3 aromatic rings. The molecule has 0 fully saturated rings. The highest BCUT2D eigenvalue weighted by Gasteiger charge is 2.16. The van der Waals surface area contributed by atoms with E-state index in [1.807, 2.05) is 25.1 Å². The molecule has 0 saturated carbocycles. The van der Waals surface area contributed by atoms with E-state index in [-0.39, 0.29) is 18.2 Å². The third-order valence-electron chi connectivity index (χ3n) is 2.97. The topological polar surface area (TPSA) is 87.3 Å². The summed E-state index contributed by atoms with van der Waals surface area (Å²) in [7, 11) is 1.57. The second kappa shape index (κ2) is 6.57. The smallest absolute Gasteiger partial charge is 0.358 e. The maximum atomic E-state index is 11.8. The van der Waals surface area contributed by atoms with E-state index in [2.05, 4.69) is 15.1 Å². The van der Waals surface area contributed by atoms with E-state index in [0.29, 0.717) is 17.1 Å². The van der Waals surface area contributed by atoms with Gasteiger partial charge in [-0.1, -0.05) is 17.3 Å². The van der Waals surface area contributed by atoms with Crippen LogP contribution in [-0.4, -0.2) is 28.2 Å². The molecule has 118 valence electrons. The molecule has 0 atom stereocenters. The standard InChI is InChI=1S/C15H13N3O4S/c1-9-16-11(8-23-9)15(19)21-7-13-17-14(18-22-13)10-5-3-4-6-12(10)20-2/h3-6,8H,7H2,1-2H3. The van der Waals surface area contributed by atoms with Crippen LogP contribution in [0.4, 0.5) is 0 Å². The zero-order valence-electron chi connectivity index (χ0n) is 12.5. The third-order valence-corrected chi connectivity index (χ3v) is 3.74. The number of methoxy groups -OCH3 is 1. The number of thiazole rings is 1. The number of benzene rings is 1. The predicted molar refractivity (Wildman–Crippen MR) is 82.3 cm³/mol. The molecule has 1 aromatic carbocycles. The minimum absolute atomic E-state index is 0.114. The first-order valence-electron chi connectivity index (χ1n) is 6.72. The summed E-state index contributed by atoms with van der Waals surface area (Å²) in [5.41, 5.74) is 0.975. The van der Waals surface area contributed by atoms with Crippen molar-refractivity contribution < 1.29 is 18.8 Å². The summed E-state index contributed by atoms with van der Waals surface area (Å²) in [4.78, 5) is 20.1. The molecule has 0 amide bonds. The van der Waals surface area contributed by atoms with E-state index in [4.69, 9.17) is 14.0 Å². The summed E-state index contributed by atoms with van der Waals surface area (Å²) in [5, 5.41) is 6.32. The molecule has 23 heavy (non-hydrogen) atoms. The SMILES string of the molecule is COc1ccccc1-c1noc(COC(=O)c2csc(C)n2)n1. The van der Waals surface area contributed by atoms with Gasteiger partial charge in [0, 0.05) is 5.38 Å². The van der Waals surface area contributed by atoms with Gasteiger partial charge in [-0.15, -0.1) is 11.3 Å². The van der Waals surface area contributed by atoms with Crippen LogP contribution in [0.5, 0.6) is 5.75 Å². The fourth-order valence-electron chi connectivity index (χ4n) is 1.91. The molecule has 0 N–H and O–H groups in total.